The van der Waals surface area contributed by atoms with Crippen LogP contribution in [0.2, 0.25) is 0 Å². The number of amides is 4. The van der Waals surface area contributed by atoms with Crippen molar-refractivity contribution in [3.8, 4) is 11.5 Å². The SMILES string of the molecule is COc1cc(CC2(CN3C[C@H]4C[C@H](C3)c3cccc(=O)n3C4)C(=O)N(C)C(=O)N(C)C2=O)ccc1O. The summed E-state index contributed by atoms with van der Waals surface area (Å²) in [6.07, 6.45) is 0.993. The van der Waals surface area contributed by atoms with Crippen molar-refractivity contribution in [1.29, 1.82) is 0 Å². The highest BCUT2D eigenvalue weighted by atomic mass is 16.5. The van der Waals surface area contributed by atoms with Crippen LogP contribution < -0.4 is 10.3 Å². The smallest absolute Gasteiger partial charge is 0.332 e. The Morgan fingerprint density at radius 1 is 1.00 bits per heavy atom. The number of rotatable bonds is 5. The lowest BCUT2D eigenvalue weighted by molar-refractivity contribution is -0.159. The van der Waals surface area contributed by atoms with Crippen molar-refractivity contribution >= 4 is 17.8 Å². The Hall–Kier alpha value is -3.66. The molecule has 2 fully saturated rings. The third-order valence-electron chi connectivity index (χ3n) is 7.80. The van der Waals surface area contributed by atoms with E-state index < -0.39 is 23.3 Å². The monoisotopic (exact) mass is 494 g/mol. The first-order valence-electron chi connectivity index (χ1n) is 12.0. The maximum absolute atomic E-state index is 13.7. The van der Waals surface area contributed by atoms with Crippen molar-refractivity contribution in [1.82, 2.24) is 19.3 Å². The lowest BCUT2D eigenvalue weighted by atomic mass is 9.75. The standard InChI is InChI=1S/C26H30N4O6/c1-27-23(33)26(24(34)28(2)25(27)35,11-16-7-8-20(31)21(10-16)36-3)15-29-12-17-9-18(14-29)19-5-4-6-22(32)30(19)13-17/h4-8,10,17-18,31H,9,11-15H2,1-3H3/t17-,18-/m1/s1. The molecule has 3 aliphatic heterocycles. The molecule has 3 aliphatic rings. The highest BCUT2D eigenvalue weighted by molar-refractivity contribution is 6.19. The normalized spacial score (nSPS) is 23.6. The number of benzene rings is 1. The number of hydrogen-bond donors (Lipinski definition) is 1. The van der Waals surface area contributed by atoms with E-state index in [1.807, 2.05) is 10.6 Å². The first kappa shape index (κ1) is 24.1. The predicted molar refractivity (Wildman–Crippen MR) is 130 cm³/mol. The fraction of sp³-hybridized carbons (Fsp3) is 0.462. The number of likely N-dealkylation sites (tertiary alicyclic amines) is 1. The number of carbonyl (C=O) groups is 3. The van der Waals surface area contributed by atoms with Crippen LogP contribution in [-0.2, 0) is 22.6 Å². The van der Waals surface area contributed by atoms with Gasteiger partial charge in [-0.1, -0.05) is 12.1 Å². The van der Waals surface area contributed by atoms with Crippen LogP contribution in [0.15, 0.2) is 41.2 Å². The molecule has 0 radical (unpaired) electrons. The van der Waals surface area contributed by atoms with Gasteiger partial charge in [0.25, 0.3) is 5.56 Å². The lowest BCUT2D eigenvalue weighted by Gasteiger charge is -2.48. The molecule has 10 heteroatoms. The molecule has 2 bridgehead atoms. The fourth-order valence-corrected chi connectivity index (χ4v) is 6.16. The molecule has 4 heterocycles. The number of phenols is 1. The molecule has 2 saturated heterocycles. The number of fused-ring (bicyclic) bond motifs is 4. The van der Waals surface area contributed by atoms with Gasteiger partial charge in [-0.2, -0.15) is 0 Å². The molecule has 1 aromatic carbocycles. The number of pyridine rings is 1. The number of imide groups is 2. The van der Waals surface area contributed by atoms with Crippen LogP contribution in [-0.4, -0.2) is 83.1 Å². The van der Waals surface area contributed by atoms with Gasteiger partial charge in [0.15, 0.2) is 11.5 Å². The summed E-state index contributed by atoms with van der Waals surface area (Å²) in [7, 11) is 4.22. The highest BCUT2D eigenvalue weighted by Crippen LogP contribution is 2.40. The highest BCUT2D eigenvalue weighted by Gasteiger charge is 2.56. The largest absolute Gasteiger partial charge is 0.504 e. The molecule has 1 aromatic heterocycles. The van der Waals surface area contributed by atoms with Gasteiger partial charge in [0, 0.05) is 58.0 Å². The summed E-state index contributed by atoms with van der Waals surface area (Å²) in [5.74, 6) is -0.564. The van der Waals surface area contributed by atoms with E-state index in [9.17, 15) is 24.3 Å². The Kier molecular flexibility index (Phi) is 5.86. The van der Waals surface area contributed by atoms with Gasteiger partial charge in [0.05, 0.1) is 7.11 Å². The summed E-state index contributed by atoms with van der Waals surface area (Å²) in [5.41, 5.74) is 0.0809. The van der Waals surface area contributed by atoms with E-state index in [0.717, 1.165) is 21.9 Å². The average molecular weight is 495 g/mol. The van der Waals surface area contributed by atoms with Crippen molar-refractivity contribution < 1.29 is 24.2 Å². The Labute approximate surface area is 208 Å². The number of carbonyl (C=O) groups excluding carboxylic acids is 3. The van der Waals surface area contributed by atoms with Gasteiger partial charge >= 0.3 is 6.03 Å². The van der Waals surface area contributed by atoms with Crippen molar-refractivity contribution in [2.75, 3.05) is 40.8 Å². The minimum atomic E-state index is -1.53. The van der Waals surface area contributed by atoms with Crippen molar-refractivity contribution in [2.24, 2.45) is 11.3 Å². The van der Waals surface area contributed by atoms with Crippen LogP contribution in [0, 0.1) is 11.3 Å². The van der Waals surface area contributed by atoms with Crippen molar-refractivity contribution in [2.45, 2.75) is 25.3 Å². The Balaban J connectivity index is 1.51. The summed E-state index contributed by atoms with van der Waals surface area (Å²) < 4.78 is 7.07. The van der Waals surface area contributed by atoms with Gasteiger partial charge in [0.2, 0.25) is 11.8 Å². The maximum atomic E-state index is 13.7. The molecule has 5 rings (SSSR count). The quantitative estimate of drug-likeness (QED) is 0.623. The third kappa shape index (κ3) is 3.76. The van der Waals surface area contributed by atoms with Crippen LogP contribution >= 0.6 is 0 Å². The Morgan fingerprint density at radius 2 is 1.72 bits per heavy atom. The first-order chi connectivity index (χ1) is 17.1. The number of ether oxygens (including phenoxy) is 1. The van der Waals surface area contributed by atoms with E-state index in [0.29, 0.717) is 25.2 Å². The second kappa shape index (κ2) is 8.77. The predicted octanol–water partition coefficient (Wildman–Crippen LogP) is 1.26. The van der Waals surface area contributed by atoms with E-state index in [4.69, 9.17) is 4.74 Å². The van der Waals surface area contributed by atoms with E-state index in [2.05, 4.69) is 4.90 Å². The lowest BCUT2D eigenvalue weighted by Crippen LogP contribution is -2.67. The third-order valence-corrected chi connectivity index (χ3v) is 7.80. The maximum Gasteiger partial charge on any atom is 0.332 e. The van der Waals surface area contributed by atoms with E-state index in [1.54, 1.807) is 24.3 Å². The van der Waals surface area contributed by atoms with Crippen LogP contribution in [0.3, 0.4) is 0 Å². The topological polar surface area (TPSA) is 112 Å². The van der Waals surface area contributed by atoms with Crippen molar-refractivity contribution in [3.05, 3.63) is 58.0 Å². The molecule has 190 valence electrons. The van der Waals surface area contributed by atoms with E-state index >= 15 is 0 Å². The fourth-order valence-electron chi connectivity index (χ4n) is 6.16. The summed E-state index contributed by atoms with van der Waals surface area (Å²) >= 11 is 0. The molecular weight excluding hydrogens is 464 g/mol. The second-order valence-corrected chi connectivity index (χ2v) is 10.2. The van der Waals surface area contributed by atoms with E-state index in [1.165, 1.54) is 27.3 Å². The van der Waals surface area contributed by atoms with Gasteiger partial charge in [-0.3, -0.25) is 24.2 Å². The number of aromatic hydroxyl groups is 1. The Morgan fingerprint density at radius 3 is 2.42 bits per heavy atom. The molecule has 4 amide bonds. The molecule has 2 atom stereocenters. The van der Waals surface area contributed by atoms with Crippen LogP contribution in [0.1, 0.15) is 23.6 Å². The summed E-state index contributed by atoms with van der Waals surface area (Å²) in [4.78, 5) is 56.5. The zero-order valence-electron chi connectivity index (χ0n) is 20.6. The number of methoxy groups -OCH3 is 1. The number of hydrogen-bond acceptors (Lipinski definition) is 7. The minimum Gasteiger partial charge on any atom is -0.504 e. The van der Waals surface area contributed by atoms with Crippen LogP contribution in [0.25, 0.3) is 0 Å². The first-order valence-corrected chi connectivity index (χ1v) is 12.0. The Bertz CT molecular complexity index is 1280. The van der Waals surface area contributed by atoms with Crippen molar-refractivity contribution in [3.63, 3.8) is 0 Å². The molecular formula is C26H30N4O6. The zero-order chi connectivity index (χ0) is 25.8. The number of phenolic OH excluding ortho intramolecular Hbond substituents is 1. The van der Waals surface area contributed by atoms with Crippen LogP contribution in [0.5, 0.6) is 11.5 Å². The number of barbiturate groups is 1. The minimum absolute atomic E-state index is 0.00667. The number of nitrogens with zero attached hydrogens (tertiary/aromatic N) is 4. The molecule has 0 spiro atoms. The van der Waals surface area contributed by atoms with Crippen LogP contribution in [0.4, 0.5) is 4.79 Å². The number of piperidine rings is 1. The van der Waals surface area contributed by atoms with Gasteiger partial charge in [-0.05, 0) is 42.5 Å². The molecule has 0 unspecified atom stereocenters. The van der Waals surface area contributed by atoms with Gasteiger partial charge < -0.3 is 19.3 Å². The molecule has 10 nitrogen and oxygen atoms in total. The molecule has 1 N–H and O–H groups in total. The number of aromatic nitrogens is 1. The van der Waals surface area contributed by atoms with E-state index in [-0.39, 0.29) is 41.9 Å². The molecule has 2 aromatic rings. The van der Waals surface area contributed by atoms with Gasteiger partial charge in [-0.15, -0.1) is 0 Å². The summed E-state index contributed by atoms with van der Waals surface area (Å²) in [5, 5.41) is 10.0. The molecule has 36 heavy (non-hydrogen) atoms. The summed E-state index contributed by atoms with van der Waals surface area (Å²) in [6, 6.07) is 9.40. The summed E-state index contributed by atoms with van der Waals surface area (Å²) in [6.45, 7) is 1.98. The van der Waals surface area contributed by atoms with Gasteiger partial charge in [-0.25, -0.2) is 4.79 Å². The zero-order valence-corrected chi connectivity index (χ0v) is 20.6. The molecule has 0 saturated carbocycles. The molecule has 0 aliphatic carbocycles. The number of urea groups is 1. The second-order valence-electron chi connectivity index (χ2n) is 10.2. The van der Waals surface area contributed by atoms with Gasteiger partial charge in [0.1, 0.15) is 5.41 Å². The average Bonchev–Trinajstić information content (AvgIpc) is 2.87.